The molecule has 0 radical (unpaired) electrons. The summed E-state index contributed by atoms with van der Waals surface area (Å²) in [7, 11) is 0. The molecule has 3 unspecified atom stereocenters. The van der Waals surface area contributed by atoms with E-state index in [0.717, 1.165) is 23.8 Å². The fourth-order valence-corrected chi connectivity index (χ4v) is 2.73. The third-order valence-electron chi connectivity index (χ3n) is 3.59. The zero-order chi connectivity index (χ0) is 11.8. The summed E-state index contributed by atoms with van der Waals surface area (Å²) in [4.78, 5) is 3.94. The molecule has 0 aromatic carbocycles. The Morgan fingerprint density at radius 3 is 3.06 bits per heavy atom. The Labute approximate surface area is 98.0 Å². The largest absolute Gasteiger partial charge is 0.373 e. The maximum absolute atomic E-state index is 12.6. The summed E-state index contributed by atoms with van der Waals surface area (Å²) in [5.41, 5.74) is 0. The van der Waals surface area contributed by atoms with Crippen molar-refractivity contribution in [2.45, 2.75) is 50.6 Å². The second kappa shape index (κ2) is 4.34. The van der Waals surface area contributed by atoms with E-state index in [0.29, 0.717) is 18.5 Å². The predicted molar refractivity (Wildman–Crippen MR) is 56.6 cm³/mol. The molecule has 2 aliphatic heterocycles. The van der Waals surface area contributed by atoms with Crippen molar-refractivity contribution in [2.24, 2.45) is 0 Å². The topological polar surface area (TPSA) is 39.1 Å². The zero-order valence-corrected chi connectivity index (χ0v) is 9.35. The number of nitrogens with zero attached hydrogens (tertiary/aromatic N) is 2. The van der Waals surface area contributed by atoms with E-state index < -0.39 is 6.55 Å². The van der Waals surface area contributed by atoms with Crippen molar-refractivity contribution in [3.8, 4) is 0 Å². The van der Waals surface area contributed by atoms with E-state index in [9.17, 15) is 8.78 Å². The molecule has 3 heterocycles. The fraction of sp³-hybridized carbons (Fsp3) is 0.727. The van der Waals surface area contributed by atoms with Gasteiger partial charge in [-0.3, -0.25) is 4.57 Å². The maximum atomic E-state index is 12.6. The molecule has 2 fully saturated rings. The van der Waals surface area contributed by atoms with Gasteiger partial charge in [0.2, 0.25) is 0 Å². The average molecular weight is 243 g/mol. The van der Waals surface area contributed by atoms with Gasteiger partial charge in [-0.1, -0.05) is 0 Å². The smallest absolute Gasteiger partial charge is 0.319 e. The van der Waals surface area contributed by atoms with Gasteiger partial charge in [0.25, 0.3) is 0 Å². The molecule has 17 heavy (non-hydrogen) atoms. The zero-order valence-electron chi connectivity index (χ0n) is 9.35. The van der Waals surface area contributed by atoms with Crippen LogP contribution < -0.4 is 5.32 Å². The van der Waals surface area contributed by atoms with Crippen molar-refractivity contribution in [3.63, 3.8) is 0 Å². The molecule has 2 aliphatic rings. The molecule has 0 amide bonds. The Hall–Kier alpha value is -1.01. The van der Waals surface area contributed by atoms with Crippen LogP contribution in [0, 0.1) is 0 Å². The van der Waals surface area contributed by atoms with Gasteiger partial charge >= 0.3 is 6.55 Å². The summed E-state index contributed by atoms with van der Waals surface area (Å²) in [6.45, 7) is -2.15. The van der Waals surface area contributed by atoms with Crippen LogP contribution in [0.3, 0.4) is 0 Å². The number of fused-ring (bicyclic) bond motifs is 2. The van der Waals surface area contributed by atoms with Gasteiger partial charge in [-0.25, -0.2) is 4.98 Å². The molecule has 1 aromatic rings. The second-order valence-electron chi connectivity index (χ2n) is 4.63. The molecule has 1 aromatic heterocycles. The first-order valence-corrected chi connectivity index (χ1v) is 5.93. The van der Waals surface area contributed by atoms with Gasteiger partial charge in [0.1, 0.15) is 5.82 Å². The Bertz CT molecular complexity index is 396. The number of imidazole rings is 1. The minimum absolute atomic E-state index is 0.259. The molecule has 0 saturated carbocycles. The molecule has 2 saturated heterocycles. The lowest BCUT2D eigenvalue weighted by Crippen LogP contribution is -2.37. The van der Waals surface area contributed by atoms with Gasteiger partial charge in [0.15, 0.2) is 0 Å². The highest BCUT2D eigenvalue weighted by atomic mass is 19.3. The third kappa shape index (κ3) is 2.07. The van der Waals surface area contributed by atoms with Gasteiger partial charge in [-0.2, -0.15) is 8.78 Å². The Morgan fingerprint density at radius 2 is 2.41 bits per heavy atom. The summed E-state index contributed by atoms with van der Waals surface area (Å²) in [5.74, 6) is 0.378. The Morgan fingerprint density at radius 1 is 1.53 bits per heavy atom. The molecule has 3 rings (SSSR count). The maximum Gasteiger partial charge on any atom is 0.319 e. The SMILES string of the molecule is FC(F)n1ccnc1CNC1CC2CCC1O2. The van der Waals surface area contributed by atoms with Crippen molar-refractivity contribution in [1.82, 2.24) is 14.9 Å². The van der Waals surface area contributed by atoms with E-state index in [-0.39, 0.29) is 12.1 Å². The minimum Gasteiger partial charge on any atom is -0.373 e. The van der Waals surface area contributed by atoms with E-state index in [1.165, 1.54) is 12.4 Å². The summed E-state index contributed by atoms with van der Waals surface area (Å²) in [6.07, 6.45) is 6.53. The van der Waals surface area contributed by atoms with Crippen LogP contribution in [-0.2, 0) is 11.3 Å². The summed E-state index contributed by atoms with van der Waals surface area (Å²) >= 11 is 0. The van der Waals surface area contributed by atoms with Crippen molar-refractivity contribution in [3.05, 3.63) is 18.2 Å². The molecular weight excluding hydrogens is 228 g/mol. The number of alkyl halides is 2. The highest BCUT2D eigenvalue weighted by Crippen LogP contribution is 2.34. The minimum atomic E-state index is -2.52. The van der Waals surface area contributed by atoms with Crippen molar-refractivity contribution >= 4 is 0 Å². The van der Waals surface area contributed by atoms with E-state index in [2.05, 4.69) is 10.3 Å². The number of hydrogen-bond acceptors (Lipinski definition) is 3. The molecule has 94 valence electrons. The standard InChI is InChI=1S/C11H15F2N3O/c12-11(13)16-4-3-14-10(16)6-15-8-5-7-1-2-9(8)17-7/h3-4,7-9,11,15H,1-2,5-6H2. The van der Waals surface area contributed by atoms with Gasteiger partial charge in [-0.05, 0) is 19.3 Å². The second-order valence-corrected chi connectivity index (χ2v) is 4.63. The third-order valence-corrected chi connectivity index (χ3v) is 3.59. The number of nitrogens with one attached hydrogen (secondary N) is 1. The average Bonchev–Trinajstić information content (AvgIpc) is 3.01. The first-order valence-electron chi connectivity index (χ1n) is 5.93. The first kappa shape index (κ1) is 11.1. The summed E-state index contributed by atoms with van der Waals surface area (Å²) in [6, 6.07) is 0.288. The quantitative estimate of drug-likeness (QED) is 0.874. The monoisotopic (exact) mass is 243 g/mol. The van der Waals surface area contributed by atoms with E-state index >= 15 is 0 Å². The van der Waals surface area contributed by atoms with Crippen LogP contribution in [0.15, 0.2) is 12.4 Å². The van der Waals surface area contributed by atoms with E-state index in [4.69, 9.17) is 4.74 Å². The number of halogens is 2. The molecule has 0 aliphatic carbocycles. The van der Waals surface area contributed by atoms with Gasteiger partial charge in [0.05, 0.1) is 18.8 Å². The van der Waals surface area contributed by atoms with Crippen molar-refractivity contribution in [2.75, 3.05) is 0 Å². The number of ether oxygens (including phenoxy) is 1. The number of aromatic nitrogens is 2. The first-order chi connectivity index (χ1) is 8.24. The lowest BCUT2D eigenvalue weighted by atomic mass is 9.95. The molecule has 2 bridgehead atoms. The van der Waals surface area contributed by atoms with Gasteiger partial charge in [-0.15, -0.1) is 0 Å². The molecule has 1 N–H and O–H groups in total. The summed E-state index contributed by atoms with van der Waals surface area (Å²) < 4.78 is 31.7. The normalized spacial score (nSPS) is 31.6. The Kier molecular flexibility index (Phi) is 2.84. The van der Waals surface area contributed by atoms with Crippen LogP contribution in [0.5, 0.6) is 0 Å². The van der Waals surface area contributed by atoms with Crippen molar-refractivity contribution < 1.29 is 13.5 Å². The summed E-state index contributed by atoms with van der Waals surface area (Å²) in [5, 5.41) is 3.27. The molecule has 6 heteroatoms. The highest BCUT2D eigenvalue weighted by Gasteiger charge is 2.40. The predicted octanol–water partition coefficient (Wildman–Crippen LogP) is 1.69. The van der Waals surface area contributed by atoms with Crippen LogP contribution in [-0.4, -0.2) is 27.8 Å². The van der Waals surface area contributed by atoms with E-state index in [1.807, 2.05) is 0 Å². The lowest BCUT2D eigenvalue weighted by molar-refractivity contribution is 0.0660. The van der Waals surface area contributed by atoms with Crippen LogP contribution in [0.25, 0.3) is 0 Å². The Balaban J connectivity index is 1.59. The van der Waals surface area contributed by atoms with Crippen LogP contribution in [0.1, 0.15) is 31.6 Å². The van der Waals surface area contributed by atoms with Crippen LogP contribution in [0.4, 0.5) is 8.78 Å². The number of rotatable bonds is 4. The van der Waals surface area contributed by atoms with Crippen molar-refractivity contribution in [1.29, 1.82) is 0 Å². The van der Waals surface area contributed by atoms with Crippen LogP contribution in [0.2, 0.25) is 0 Å². The number of hydrogen-bond donors (Lipinski definition) is 1. The lowest BCUT2D eigenvalue weighted by Gasteiger charge is -2.20. The van der Waals surface area contributed by atoms with Gasteiger partial charge < -0.3 is 10.1 Å². The molecule has 4 nitrogen and oxygen atoms in total. The highest BCUT2D eigenvalue weighted by molar-refractivity contribution is 4.97. The van der Waals surface area contributed by atoms with Gasteiger partial charge in [0, 0.05) is 18.4 Å². The fourth-order valence-electron chi connectivity index (χ4n) is 2.73. The van der Waals surface area contributed by atoms with E-state index in [1.54, 1.807) is 0 Å². The molecule has 3 atom stereocenters. The molecule has 0 spiro atoms. The molecular formula is C11H15F2N3O. The van der Waals surface area contributed by atoms with Crippen LogP contribution >= 0.6 is 0 Å².